The molecule has 10 heteroatoms. The summed E-state index contributed by atoms with van der Waals surface area (Å²) in [5, 5.41) is 19.0. The summed E-state index contributed by atoms with van der Waals surface area (Å²) >= 11 is 2.53. The summed E-state index contributed by atoms with van der Waals surface area (Å²) < 4.78 is 0. The van der Waals surface area contributed by atoms with E-state index in [2.05, 4.69) is 19.9 Å². The van der Waals surface area contributed by atoms with Gasteiger partial charge in [-0.2, -0.15) is 9.97 Å². The van der Waals surface area contributed by atoms with Crippen molar-refractivity contribution in [2.75, 3.05) is 11.5 Å². The molecule has 2 heterocycles. The second-order valence-electron chi connectivity index (χ2n) is 3.91. The number of aromatic nitrogens is 4. The Labute approximate surface area is 132 Å². The minimum atomic E-state index is -0.409. The third kappa shape index (κ3) is 5.30. The number of rotatable bonds is 6. The molecule has 0 atom stereocenters. The minimum absolute atomic E-state index is 0.315. The van der Waals surface area contributed by atoms with Gasteiger partial charge in [-0.15, -0.1) is 0 Å². The van der Waals surface area contributed by atoms with Crippen molar-refractivity contribution in [1.82, 2.24) is 19.9 Å². The average Bonchev–Trinajstić information content (AvgIpc) is 2.40. The highest BCUT2D eigenvalue weighted by molar-refractivity contribution is 7.99. The van der Waals surface area contributed by atoms with E-state index in [-0.39, 0.29) is 11.8 Å². The molecule has 0 saturated heterocycles. The van der Waals surface area contributed by atoms with Crippen LogP contribution in [-0.4, -0.2) is 41.7 Å². The first-order valence-electron chi connectivity index (χ1n) is 6.04. The SMILES string of the molecule is O=c1cc(O)nc(SCC=CCSc2nc(O)cc(=O)[nH]2)[nH]1. The maximum atomic E-state index is 11.1. The van der Waals surface area contributed by atoms with Crippen LogP contribution in [0.15, 0.2) is 44.2 Å². The number of nitrogens with zero attached hydrogens (tertiary/aromatic N) is 2. The van der Waals surface area contributed by atoms with E-state index < -0.39 is 11.1 Å². The van der Waals surface area contributed by atoms with E-state index in [0.29, 0.717) is 21.8 Å². The Balaban J connectivity index is 1.78. The molecule has 0 bridgehead atoms. The number of hydrogen-bond acceptors (Lipinski definition) is 8. The van der Waals surface area contributed by atoms with Gasteiger partial charge in [0, 0.05) is 11.5 Å². The summed E-state index contributed by atoms with van der Waals surface area (Å²) in [4.78, 5) is 34.7. The van der Waals surface area contributed by atoms with Crippen LogP contribution in [0.5, 0.6) is 11.8 Å². The van der Waals surface area contributed by atoms with Crippen LogP contribution in [0, 0.1) is 0 Å². The van der Waals surface area contributed by atoms with Crippen LogP contribution in [0.3, 0.4) is 0 Å². The van der Waals surface area contributed by atoms with Gasteiger partial charge in [-0.25, -0.2) is 0 Å². The van der Waals surface area contributed by atoms with Gasteiger partial charge in [0.25, 0.3) is 11.1 Å². The Bertz CT molecular complexity index is 722. The molecule has 0 amide bonds. The number of aromatic amines is 2. The van der Waals surface area contributed by atoms with Crippen LogP contribution in [0.4, 0.5) is 0 Å². The first kappa shape index (κ1) is 16.2. The lowest BCUT2D eigenvalue weighted by Crippen LogP contribution is -2.06. The highest BCUT2D eigenvalue weighted by atomic mass is 32.2. The molecule has 4 N–H and O–H groups in total. The number of H-pyrrole nitrogens is 2. The second-order valence-corrected chi connectivity index (χ2v) is 5.93. The molecule has 2 rings (SSSR count). The Morgan fingerprint density at radius 3 is 1.68 bits per heavy atom. The molecule has 0 saturated carbocycles. The molecule has 0 fully saturated rings. The third-order valence-corrected chi connectivity index (χ3v) is 3.86. The standard InChI is InChI=1S/C12H12N4O4S2/c17-7-5-8(18)14-11(13-7)21-3-1-2-4-22-12-15-9(19)6-10(20)16-12/h1-2,5-6H,3-4H2,(H2,13,14,17,18)(H2,15,16,19,20). The van der Waals surface area contributed by atoms with Crippen molar-refractivity contribution in [3.63, 3.8) is 0 Å². The highest BCUT2D eigenvalue weighted by Crippen LogP contribution is 2.15. The van der Waals surface area contributed by atoms with Gasteiger partial charge >= 0.3 is 0 Å². The third-order valence-electron chi connectivity index (χ3n) is 2.21. The van der Waals surface area contributed by atoms with Gasteiger partial charge in [0.15, 0.2) is 10.3 Å². The molecule has 0 aliphatic carbocycles. The van der Waals surface area contributed by atoms with Crippen molar-refractivity contribution in [3.05, 3.63) is 45.0 Å². The van der Waals surface area contributed by atoms with E-state index in [9.17, 15) is 19.8 Å². The zero-order chi connectivity index (χ0) is 15.9. The minimum Gasteiger partial charge on any atom is -0.493 e. The van der Waals surface area contributed by atoms with Crippen molar-refractivity contribution < 1.29 is 10.2 Å². The lowest BCUT2D eigenvalue weighted by atomic mass is 10.6. The molecule has 2 aromatic heterocycles. The summed E-state index contributed by atoms with van der Waals surface area (Å²) in [6.45, 7) is 0. The monoisotopic (exact) mass is 340 g/mol. The van der Waals surface area contributed by atoms with E-state index in [0.717, 1.165) is 12.1 Å². The predicted octanol–water partition coefficient (Wildman–Crippen LogP) is 0.705. The normalized spacial score (nSPS) is 11.1. The molecule has 0 spiro atoms. The predicted molar refractivity (Wildman–Crippen MR) is 83.6 cm³/mol. The number of aromatic hydroxyl groups is 2. The van der Waals surface area contributed by atoms with Crippen molar-refractivity contribution >= 4 is 23.5 Å². The lowest BCUT2D eigenvalue weighted by molar-refractivity contribution is 0.443. The number of hydrogen-bond donors (Lipinski definition) is 4. The molecule has 22 heavy (non-hydrogen) atoms. The lowest BCUT2D eigenvalue weighted by Gasteiger charge is -1.98. The van der Waals surface area contributed by atoms with Crippen LogP contribution < -0.4 is 11.1 Å². The van der Waals surface area contributed by atoms with E-state index in [1.807, 2.05) is 12.2 Å². The molecule has 0 aliphatic heterocycles. The maximum absolute atomic E-state index is 11.1. The maximum Gasteiger partial charge on any atom is 0.255 e. The Morgan fingerprint density at radius 1 is 0.909 bits per heavy atom. The number of thioether (sulfide) groups is 2. The molecule has 0 aromatic carbocycles. The fraction of sp³-hybridized carbons (Fsp3) is 0.167. The smallest absolute Gasteiger partial charge is 0.255 e. The van der Waals surface area contributed by atoms with E-state index in [1.54, 1.807) is 0 Å². The first-order chi connectivity index (χ1) is 10.5. The zero-order valence-corrected chi connectivity index (χ0v) is 12.8. The Hall–Kier alpha value is -2.20. The van der Waals surface area contributed by atoms with Gasteiger partial charge < -0.3 is 20.2 Å². The molecule has 116 valence electrons. The summed E-state index contributed by atoms with van der Waals surface area (Å²) in [6.07, 6.45) is 3.70. The van der Waals surface area contributed by atoms with Gasteiger partial charge in [-0.05, 0) is 0 Å². The van der Waals surface area contributed by atoms with Gasteiger partial charge in [-0.3, -0.25) is 9.59 Å². The van der Waals surface area contributed by atoms with Gasteiger partial charge in [0.2, 0.25) is 11.8 Å². The van der Waals surface area contributed by atoms with Gasteiger partial charge in [0.1, 0.15) is 0 Å². The molecule has 0 unspecified atom stereocenters. The summed E-state index contributed by atoms with van der Waals surface area (Å²) in [5.41, 5.74) is -0.818. The first-order valence-corrected chi connectivity index (χ1v) is 8.01. The fourth-order valence-corrected chi connectivity index (χ4v) is 2.81. The fourth-order valence-electron chi connectivity index (χ4n) is 1.37. The molecule has 0 radical (unpaired) electrons. The molecular weight excluding hydrogens is 328 g/mol. The highest BCUT2D eigenvalue weighted by Gasteiger charge is 2.00. The topological polar surface area (TPSA) is 132 Å². The quantitative estimate of drug-likeness (QED) is 0.343. The van der Waals surface area contributed by atoms with Crippen LogP contribution in [0.2, 0.25) is 0 Å². The molecule has 2 aromatic rings. The zero-order valence-electron chi connectivity index (χ0n) is 11.1. The second kappa shape index (κ2) is 7.71. The molecular formula is C12H12N4O4S2. The van der Waals surface area contributed by atoms with E-state index in [1.165, 1.54) is 23.5 Å². The number of nitrogens with one attached hydrogen (secondary N) is 2. The van der Waals surface area contributed by atoms with Crippen LogP contribution >= 0.6 is 23.5 Å². The van der Waals surface area contributed by atoms with Crippen LogP contribution in [0.1, 0.15) is 0 Å². The molecule has 0 aliphatic rings. The van der Waals surface area contributed by atoms with Crippen LogP contribution in [0.25, 0.3) is 0 Å². The summed E-state index contributed by atoms with van der Waals surface area (Å²) in [7, 11) is 0. The van der Waals surface area contributed by atoms with Crippen LogP contribution in [-0.2, 0) is 0 Å². The van der Waals surface area contributed by atoms with E-state index in [4.69, 9.17) is 0 Å². The largest absolute Gasteiger partial charge is 0.493 e. The van der Waals surface area contributed by atoms with Gasteiger partial charge in [0.05, 0.1) is 12.1 Å². The Kier molecular flexibility index (Phi) is 5.67. The Morgan fingerprint density at radius 2 is 1.32 bits per heavy atom. The van der Waals surface area contributed by atoms with E-state index >= 15 is 0 Å². The van der Waals surface area contributed by atoms with Gasteiger partial charge in [-0.1, -0.05) is 35.7 Å². The van der Waals surface area contributed by atoms with Crippen molar-refractivity contribution in [3.8, 4) is 11.8 Å². The summed E-state index contributed by atoms with van der Waals surface area (Å²) in [5.74, 6) is 0.475. The van der Waals surface area contributed by atoms with Crippen molar-refractivity contribution in [1.29, 1.82) is 0 Å². The van der Waals surface area contributed by atoms with Crippen molar-refractivity contribution in [2.45, 2.75) is 10.3 Å². The average molecular weight is 340 g/mol. The molecule has 8 nitrogen and oxygen atoms in total. The summed E-state index contributed by atoms with van der Waals surface area (Å²) in [6, 6.07) is 2.00. The van der Waals surface area contributed by atoms with Crippen molar-refractivity contribution in [2.24, 2.45) is 0 Å².